The van der Waals surface area contributed by atoms with Crippen molar-refractivity contribution in [2.75, 3.05) is 0 Å². The number of hydrogen-bond acceptors (Lipinski definition) is 1. The molecule has 0 radical (unpaired) electrons. The van der Waals surface area contributed by atoms with Crippen LogP contribution >= 0.6 is 0 Å². The average molecular weight is 156 g/mol. The Morgan fingerprint density at radius 1 is 1.45 bits per heavy atom. The van der Waals surface area contributed by atoms with Gasteiger partial charge in [-0.2, -0.15) is 9.49 Å². The summed E-state index contributed by atoms with van der Waals surface area (Å²) in [6.07, 6.45) is 0. The minimum atomic E-state index is -0.211. The lowest BCUT2D eigenvalue weighted by atomic mass is 10.1. The first kappa shape index (κ1) is 8.24. The molecular formula is C8H13FN2. The Morgan fingerprint density at radius 3 is 2.18 bits per heavy atom. The molecule has 0 amide bonds. The molecule has 2 nitrogen and oxygen atoms in total. The van der Waals surface area contributed by atoms with E-state index in [-0.39, 0.29) is 11.9 Å². The van der Waals surface area contributed by atoms with Crippen LogP contribution in [0.25, 0.3) is 0 Å². The summed E-state index contributed by atoms with van der Waals surface area (Å²) in [4.78, 5) is 0. The molecule has 1 rings (SSSR count). The maximum atomic E-state index is 13.2. The highest BCUT2D eigenvalue weighted by Gasteiger charge is 2.14. The van der Waals surface area contributed by atoms with Crippen molar-refractivity contribution in [3.05, 3.63) is 17.2 Å². The van der Waals surface area contributed by atoms with Gasteiger partial charge in [0.1, 0.15) is 0 Å². The predicted octanol–water partition coefficient (Wildman–Crippen LogP) is 1.99. The first-order valence-electron chi connectivity index (χ1n) is 3.73. The van der Waals surface area contributed by atoms with Crippen molar-refractivity contribution in [1.29, 1.82) is 0 Å². The number of nitrogens with zero attached hydrogens (tertiary/aromatic N) is 2. The second-order valence-corrected chi connectivity index (χ2v) is 3.07. The quantitative estimate of drug-likeness (QED) is 0.608. The molecule has 1 heterocycles. The third kappa shape index (κ3) is 1.27. The summed E-state index contributed by atoms with van der Waals surface area (Å²) >= 11 is 0. The Hall–Kier alpha value is -0.860. The lowest BCUT2D eigenvalue weighted by Gasteiger charge is -2.01. The number of aromatic nitrogens is 2. The molecule has 0 aliphatic carbocycles. The Balaban J connectivity index is 3.22. The van der Waals surface area contributed by atoms with E-state index in [1.165, 1.54) is 4.68 Å². The molecule has 0 aromatic carbocycles. The van der Waals surface area contributed by atoms with E-state index in [1.54, 1.807) is 7.05 Å². The van der Waals surface area contributed by atoms with Crippen molar-refractivity contribution in [3.63, 3.8) is 0 Å². The zero-order valence-electron chi connectivity index (χ0n) is 7.35. The first-order valence-corrected chi connectivity index (χ1v) is 3.73. The molecule has 0 saturated heterocycles. The molecule has 0 atom stereocenters. The Kier molecular flexibility index (Phi) is 1.98. The van der Waals surface area contributed by atoms with E-state index in [0.717, 1.165) is 11.3 Å². The molecule has 0 unspecified atom stereocenters. The maximum absolute atomic E-state index is 13.2. The Labute approximate surface area is 66.0 Å². The van der Waals surface area contributed by atoms with Gasteiger partial charge < -0.3 is 0 Å². The van der Waals surface area contributed by atoms with Gasteiger partial charge in [-0.15, -0.1) is 0 Å². The fourth-order valence-corrected chi connectivity index (χ4v) is 1.30. The van der Waals surface area contributed by atoms with Crippen molar-refractivity contribution in [2.45, 2.75) is 26.7 Å². The molecule has 0 N–H and O–H groups in total. The maximum Gasteiger partial charge on any atom is 0.214 e. The molecule has 0 spiro atoms. The largest absolute Gasteiger partial charge is 0.242 e. The fraction of sp³-hybridized carbons (Fsp3) is 0.625. The molecule has 1 aromatic heterocycles. The molecule has 1 aromatic rings. The highest BCUT2D eigenvalue weighted by atomic mass is 19.1. The van der Waals surface area contributed by atoms with Crippen molar-refractivity contribution in [1.82, 2.24) is 9.78 Å². The normalized spacial score (nSPS) is 11.1. The van der Waals surface area contributed by atoms with Crippen LogP contribution in [0, 0.1) is 12.9 Å². The van der Waals surface area contributed by atoms with Gasteiger partial charge >= 0.3 is 0 Å². The van der Waals surface area contributed by atoms with E-state index in [2.05, 4.69) is 5.10 Å². The van der Waals surface area contributed by atoms with E-state index in [1.807, 2.05) is 20.8 Å². The average Bonchev–Trinajstić information content (AvgIpc) is 2.07. The van der Waals surface area contributed by atoms with E-state index >= 15 is 0 Å². The van der Waals surface area contributed by atoms with Crippen molar-refractivity contribution >= 4 is 0 Å². The first-order chi connectivity index (χ1) is 5.04. The van der Waals surface area contributed by atoms with Gasteiger partial charge in [0.2, 0.25) is 5.95 Å². The second-order valence-electron chi connectivity index (χ2n) is 3.07. The number of hydrogen-bond donors (Lipinski definition) is 0. The Bertz CT molecular complexity index is 263. The number of aryl methyl sites for hydroxylation is 2. The standard InChI is InChI=1S/C8H13FN2/c1-5(2)7-6(3)10-11(4)8(7)9/h5H,1-4H3. The van der Waals surface area contributed by atoms with Crippen LogP contribution in [0.2, 0.25) is 0 Å². The molecule has 0 aliphatic rings. The summed E-state index contributed by atoms with van der Waals surface area (Å²) in [7, 11) is 1.62. The molecule has 3 heteroatoms. The van der Waals surface area contributed by atoms with Gasteiger partial charge in [0.25, 0.3) is 0 Å². The van der Waals surface area contributed by atoms with Gasteiger partial charge in [0.05, 0.1) is 5.69 Å². The van der Waals surface area contributed by atoms with Gasteiger partial charge in [0, 0.05) is 12.6 Å². The smallest absolute Gasteiger partial charge is 0.214 e. The van der Waals surface area contributed by atoms with Gasteiger partial charge in [-0.25, -0.2) is 4.68 Å². The lowest BCUT2D eigenvalue weighted by Crippen LogP contribution is -1.96. The van der Waals surface area contributed by atoms with Gasteiger partial charge in [-0.1, -0.05) is 13.8 Å². The van der Waals surface area contributed by atoms with Crippen LogP contribution in [0.15, 0.2) is 0 Å². The van der Waals surface area contributed by atoms with Crippen LogP contribution in [0.3, 0.4) is 0 Å². The van der Waals surface area contributed by atoms with Crippen LogP contribution in [0.4, 0.5) is 4.39 Å². The van der Waals surface area contributed by atoms with Crippen molar-refractivity contribution < 1.29 is 4.39 Å². The molecule has 0 bridgehead atoms. The minimum absolute atomic E-state index is 0.211. The topological polar surface area (TPSA) is 17.8 Å². The van der Waals surface area contributed by atoms with Crippen LogP contribution in [-0.2, 0) is 7.05 Å². The van der Waals surface area contributed by atoms with Gasteiger partial charge in [0.15, 0.2) is 0 Å². The highest BCUT2D eigenvalue weighted by molar-refractivity contribution is 5.20. The number of rotatable bonds is 1. The third-order valence-electron chi connectivity index (χ3n) is 1.77. The van der Waals surface area contributed by atoms with Gasteiger partial charge in [-0.05, 0) is 12.8 Å². The molecular weight excluding hydrogens is 143 g/mol. The lowest BCUT2D eigenvalue weighted by molar-refractivity contribution is 0.490. The summed E-state index contributed by atoms with van der Waals surface area (Å²) < 4.78 is 14.5. The molecule has 0 saturated carbocycles. The zero-order valence-corrected chi connectivity index (χ0v) is 7.35. The second kappa shape index (κ2) is 2.64. The molecule has 0 aliphatic heterocycles. The van der Waals surface area contributed by atoms with E-state index in [9.17, 15) is 4.39 Å². The SMILES string of the molecule is Cc1nn(C)c(F)c1C(C)C. The van der Waals surface area contributed by atoms with Crippen LogP contribution in [-0.4, -0.2) is 9.78 Å². The molecule has 0 fully saturated rings. The third-order valence-corrected chi connectivity index (χ3v) is 1.77. The van der Waals surface area contributed by atoms with Crippen molar-refractivity contribution in [3.8, 4) is 0 Å². The summed E-state index contributed by atoms with van der Waals surface area (Å²) in [5, 5.41) is 3.97. The van der Waals surface area contributed by atoms with Crippen LogP contribution < -0.4 is 0 Å². The van der Waals surface area contributed by atoms with Gasteiger partial charge in [-0.3, -0.25) is 0 Å². The highest BCUT2D eigenvalue weighted by Crippen LogP contribution is 2.20. The number of halogens is 1. The summed E-state index contributed by atoms with van der Waals surface area (Å²) in [6.45, 7) is 5.76. The van der Waals surface area contributed by atoms with E-state index in [0.29, 0.717) is 0 Å². The van der Waals surface area contributed by atoms with E-state index < -0.39 is 0 Å². The van der Waals surface area contributed by atoms with Crippen molar-refractivity contribution in [2.24, 2.45) is 7.05 Å². The summed E-state index contributed by atoms with van der Waals surface area (Å²) in [6, 6.07) is 0. The summed E-state index contributed by atoms with van der Waals surface area (Å²) in [5.74, 6) is 0.00111. The zero-order chi connectivity index (χ0) is 8.59. The molecule has 62 valence electrons. The molecule has 11 heavy (non-hydrogen) atoms. The van der Waals surface area contributed by atoms with Crippen LogP contribution in [0.5, 0.6) is 0 Å². The van der Waals surface area contributed by atoms with Crippen LogP contribution in [0.1, 0.15) is 31.0 Å². The Morgan fingerprint density at radius 2 is 2.00 bits per heavy atom. The monoisotopic (exact) mass is 156 g/mol. The summed E-state index contributed by atoms with van der Waals surface area (Å²) in [5.41, 5.74) is 1.52. The predicted molar refractivity (Wildman–Crippen MR) is 42.0 cm³/mol. The van der Waals surface area contributed by atoms with E-state index in [4.69, 9.17) is 0 Å². The minimum Gasteiger partial charge on any atom is -0.242 e. The fourth-order valence-electron chi connectivity index (χ4n) is 1.30.